The molecule has 0 saturated heterocycles. The first-order valence-electron chi connectivity index (χ1n) is 5.95. The van der Waals surface area contributed by atoms with E-state index in [9.17, 15) is 4.79 Å². The molecule has 88 valence electrons. The predicted molar refractivity (Wildman–Crippen MR) is 68.0 cm³/mol. The smallest absolute Gasteiger partial charge is 0.252 e. The molecular weight excluding hydrogens is 212 g/mol. The van der Waals surface area contributed by atoms with Gasteiger partial charge >= 0.3 is 0 Å². The SMILES string of the molecule is CC1(C)CC1NC(=O)c1cccc2[nH]ccc12. The quantitative estimate of drug-likeness (QED) is 0.815. The lowest BCUT2D eigenvalue weighted by atomic mass is 10.1. The summed E-state index contributed by atoms with van der Waals surface area (Å²) in [6.45, 7) is 4.35. The van der Waals surface area contributed by atoms with Crippen LogP contribution < -0.4 is 5.32 Å². The van der Waals surface area contributed by atoms with E-state index in [1.807, 2.05) is 30.5 Å². The highest BCUT2D eigenvalue weighted by Crippen LogP contribution is 2.44. The van der Waals surface area contributed by atoms with Gasteiger partial charge in [0.15, 0.2) is 0 Å². The van der Waals surface area contributed by atoms with E-state index >= 15 is 0 Å². The first-order valence-corrected chi connectivity index (χ1v) is 5.95. The van der Waals surface area contributed by atoms with E-state index in [4.69, 9.17) is 0 Å². The normalized spacial score (nSPS) is 21.4. The molecule has 1 amide bonds. The summed E-state index contributed by atoms with van der Waals surface area (Å²) in [4.78, 5) is 15.3. The molecule has 1 unspecified atom stereocenters. The van der Waals surface area contributed by atoms with Crippen LogP contribution in [0.2, 0.25) is 0 Å². The average molecular weight is 228 g/mol. The van der Waals surface area contributed by atoms with Gasteiger partial charge in [-0.25, -0.2) is 0 Å². The van der Waals surface area contributed by atoms with Crippen LogP contribution in [0, 0.1) is 5.41 Å². The van der Waals surface area contributed by atoms with Crippen LogP contribution in [0.15, 0.2) is 30.5 Å². The van der Waals surface area contributed by atoms with Crippen LogP contribution in [-0.2, 0) is 0 Å². The maximum Gasteiger partial charge on any atom is 0.252 e. The van der Waals surface area contributed by atoms with Crippen LogP contribution in [0.4, 0.5) is 0 Å². The Balaban J connectivity index is 1.88. The molecule has 1 fully saturated rings. The molecule has 2 aromatic rings. The Morgan fingerprint density at radius 2 is 2.18 bits per heavy atom. The lowest BCUT2D eigenvalue weighted by Crippen LogP contribution is -2.28. The molecule has 2 N–H and O–H groups in total. The summed E-state index contributed by atoms with van der Waals surface area (Å²) in [5.74, 6) is 0.0331. The fraction of sp³-hybridized carbons (Fsp3) is 0.357. The molecule has 1 saturated carbocycles. The fourth-order valence-electron chi connectivity index (χ4n) is 2.23. The Morgan fingerprint density at radius 3 is 2.88 bits per heavy atom. The van der Waals surface area contributed by atoms with E-state index < -0.39 is 0 Å². The Morgan fingerprint density at radius 1 is 1.41 bits per heavy atom. The lowest BCUT2D eigenvalue weighted by molar-refractivity contribution is 0.0948. The molecule has 0 bridgehead atoms. The van der Waals surface area contributed by atoms with E-state index in [1.165, 1.54) is 0 Å². The first-order chi connectivity index (χ1) is 8.08. The molecule has 1 aromatic heterocycles. The number of aromatic amines is 1. The first kappa shape index (κ1) is 10.4. The van der Waals surface area contributed by atoms with E-state index in [-0.39, 0.29) is 11.3 Å². The second kappa shape index (κ2) is 3.36. The van der Waals surface area contributed by atoms with Gasteiger partial charge in [-0.3, -0.25) is 4.79 Å². The van der Waals surface area contributed by atoms with Crippen molar-refractivity contribution in [1.29, 1.82) is 0 Å². The minimum absolute atomic E-state index is 0.0331. The van der Waals surface area contributed by atoms with Crippen LogP contribution in [0.3, 0.4) is 0 Å². The van der Waals surface area contributed by atoms with Gasteiger partial charge in [-0.2, -0.15) is 0 Å². The molecular formula is C14H16N2O. The van der Waals surface area contributed by atoms with Crippen LogP contribution in [0.5, 0.6) is 0 Å². The molecule has 1 heterocycles. The fourth-order valence-corrected chi connectivity index (χ4v) is 2.23. The van der Waals surface area contributed by atoms with Crippen molar-refractivity contribution in [1.82, 2.24) is 10.3 Å². The zero-order valence-electron chi connectivity index (χ0n) is 10.1. The van der Waals surface area contributed by atoms with Crippen LogP contribution in [0.1, 0.15) is 30.6 Å². The van der Waals surface area contributed by atoms with Gasteiger partial charge in [-0.15, -0.1) is 0 Å². The topological polar surface area (TPSA) is 44.9 Å². The molecule has 3 nitrogen and oxygen atoms in total. The minimum Gasteiger partial charge on any atom is -0.361 e. The van der Waals surface area contributed by atoms with Crippen LogP contribution >= 0.6 is 0 Å². The zero-order valence-corrected chi connectivity index (χ0v) is 10.1. The van der Waals surface area contributed by atoms with Gasteiger partial charge in [-0.05, 0) is 30.0 Å². The number of carbonyl (C=O) groups is 1. The standard InChI is InChI=1S/C14H16N2O/c1-14(2)8-12(14)16-13(17)10-4-3-5-11-9(10)6-7-15-11/h3-7,12,15H,8H2,1-2H3,(H,16,17). The average Bonchev–Trinajstić information content (AvgIpc) is 2.73. The van der Waals surface area contributed by atoms with Crippen molar-refractivity contribution in [2.45, 2.75) is 26.3 Å². The number of hydrogen-bond acceptors (Lipinski definition) is 1. The van der Waals surface area contributed by atoms with Gasteiger partial charge in [-0.1, -0.05) is 19.9 Å². The second-order valence-electron chi connectivity index (χ2n) is 5.46. The minimum atomic E-state index is 0.0331. The summed E-state index contributed by atoms with van der Waals surface area (Å²) in [6, 6.07) is 8.03. The number of benzene rings is 1. The molecule has 1 aromatic carbocycles. The molecule has 0 spiro atoms. The summed E-state index contributed by atoms with van der Waals surface area (Å²) in [6.07, 6.45) is 2.93. The summed E-state index contributed by atoms with van der Waals surface area (Å²) in [7, 11) is 0. The number of rotatable bonds is 2. The largest absolute Gasteiger partial charge is 0.361 e. The van der Waals surface area contributed by atoms with Crippen LogP contribution in [-0.4, -0.2) is 16.9 Å². The highest BCUT2D eigenvalue weighted by atomic mass is 16.1. The number of amides is 1. The predicted octanol–water partition coefficient (Wildman–Crippen LogP) is 2.70. The molecule has 1 aliphatic rings. The number of hydrogen-bond donors (Lipinski definition) is 2. The Kier molecular flexibility index (Phi) is 2.05. The van der Waals surface area contributed by atoms with Crippen molar-refractivity contribution >= 4 is 16.8 Å². The van der Waals surface area contributed by atoms with Gasteiger partial charge in [0.05, 0.1) is 0 Å². The second-order valence-corrected chi connectivity index (χ2v) is 5.46. The highest BCUT2D eigenvalue weighted by molar-refractivity contribution is 6.06. The van der Waals surface area contributed by atoms with Crippen molar-refractivity contribution in [3.8, 4) is 0 Å². The third kappa shape index (κ3) is 1.71. The van der Waals surface area contributed by atoms with Crippen molar-refractivity contribution in [3.05, 3.63) is 36.0 Å². The summed E-state index contributed by atoms with van der Waals surface area (Å²) >= 11 is 0. The summed E-state index contributed by atoms with van der Waals surface area (Å²) in [5.41, 5.74) is 2.03. The van der Waals surface area contributed by atoms with E-state index in [0.717, 1.165) is 22.9 Å². The molecule has 1 aliphatic carbocycles. The number of nitrogens with one attached hydrogen (secondary N) is 2. The van der Waals surface area contributed by atoms with Crippen LogP contribution in [0.25, 0.3) is 10.9 Å². The Hall–Kier alpha value is -1.77. The highest BCUT2D eigenvalue weighted by Gasteiger charge is 2.46. The molecule has 0 radical (unpaired) electrons. The molecule has 1 atom stereocenters. The van der Waals surface area contributed by atoms with Gasteiger partial charge in [0.1, 0.15) is 0 Å². The van der Waals surface area contributed by atoms with E-state index in [2.05, 4.69) is 24.1 Å². The summed E-state index contributed by atoms with van der Waals surface area (Å²) in [5, 5.41) is 4.08. The monoisotopic (exact) mass is 228 g/mol. The van der Waals surface area contributed by atoms with Crippen molar-refractivity contribution in [3.63, 3.8) is 0 Å². The summed E-state index contributed by atoms with van der Waals surface area (Å²) < 4.78 is 0. The van der Waals surface area contributed by atoms with Crippen molar-refractivity contribution in [2.75, 3.05) is 0 Å². The third-order valence-corrected chi connectivity index (χ3v) is 3.66. The number of H-pyrrole nitrogens is 1. The van der Waals surface area contributed by atoms with Gasteiger partial charge < -0.3 is 10.3 Å². The Labute approximate surface area is 100 Å². The maximum atomic E-state index is 12.2. The molecule has 17 heavy (non-hydrogen) atoms. The van der Waals surface area contributed by atoms with E-state index in [0.29, 0.717) is 6.04 Å². The lowest BCUT2D eigenvalue weighted by Gasteiger charge is -2.07. The van der Waals surface area contributed by atoms with Gasteiger partial charge in [0.25, 0.3) is 5.91 Å². The molecule has 0 aliphatic heterocycles. The number of aromatic nitrogens is 1. The van der Waals surface area contributed by atoms with Crippen molar-refractivity contribution in [2.24, 2.45) is 5.41 Å². The van der Waals surface area contributed by atoms with E-state index in [1.54, 1.807) is 0 Å². The van der Waals surface area contributed by atoms with Gasteiger partial charge in [0, 0.05) is 28.7 Å². The molecule has 3 heteroatoms. The van der Waals surface area contributed by atoms with Crippen molar-refractivity contribution < 1.29 is 4.79 Å². The van der Waals surface area contributed by atoms with Gasteiger partial charge in [0.2, 0.25) is 0 Å². The zero-order chi connectivity index (χ0) is 12.0. The maximum absolute atomic E-state index is 12.2. The molecule has 3 rings (SSSR count). The third-order valence-electron chi connectivity index (χ3n) is 3.66. The Bertz CT molecular complexity index is 583. The number of carbonyl (C=O) groups excluding carboxylic acids is 1. The number of fused-ring (bicyclic) bond motifs is 1.